The van der Waals surface area contributed by atoms with E-state index in [9.17, 15) is 13.2 Å². The summed E-state index contributed by atoms with van der Waals surface area (Å²) >= 11 is 0. The fraction of sp³-hybridized carbons (Fsp3) is 0.188. The highest BCUT2D eigenvalue weighted by atomic mass is 32.2. The predicted molar refractivity (Wildman–Crippen MR) is 82.0 cm³/mol. The molecule has 0 heterocycles. The number of carbonyl (C=O) groups excluding carboxylic acids is 1. The smallest absolute Gasteiger partial charge is 0.339 e. The molecule has 6 heteroatoms. The van der Waals surface area contributed by atoms with E-state index < -0.39 is 10.1 Å². The molecule has 0 saturated heterocycles. The molecule has 2 aromatic carbocycles. The van der Waals surface area contributed by atoms with Crippen LogP contribution < -0.4 is 8.92 Å². The highest BCUT2D eigenvalue weighted by Gasteiger charge is 2.20. The molecule has 2 aromatic rings. The molecular weight excluding hydrogens is 304 g/mol. The third-order valence-electron chi connectivity index (χ3n) is 3.05. The Morgan fingerprint density at radius 1 is 1.05 bits per heavy atom. The van der Waals surface area contributed by atoms with Crippen LogP contribution in [0, 0.1) is 6.92 Å². The van der Waals surface area contributed by atoms with Gasteiger partial charge in [0.05, 0.1) is 7.11 Å². The molecule has 0 amide bonds. The standard InChI is InChI=1S/C16H16O5S/c1-11-7-8-15(16(9-11)20-3)21-22(18,19)14-6-4-5-13(10-14)12(2)17/h4-10H,1-3H3. The molecule has 22 heavy (non-hydrogen) atoms. The van der Waals surface area contributed by atoms with E-state index in [1.165, 1.54) is 38.3 Å². The summed E-state index contributed by atoms with van der Waals surface area (Å²) in [5.41, 5.74) is 1.22. The second-order valence-corrected chi connectivity index (χ2v) is 6.32. The number of ketones is 1. The van der Waals surface area contributed by atoms with Gasteiger partial charge in [-0.1, -0.05) is 18.2 Å². The Morgan fingerprint density at radius 3 is 2.41 bits per heavy atom. The third kappa shape index (κ3) is 3.46. The van der Waals surface area contributed by atoms with Crippen molar-refractivity contribution in [3.63, 3.8) is 0 Å². The van der Waals surface area contributed by atoms with Crippen LogP contribution in [0.25, 0.3) is 0 Å². The lowest BCUT2D eigenvalue weighted by molar-refractivity contribution is 0.101. The first-order chi connectivity index (χ1) is 10.3. The van der Waals surface area contributed by atoms with Crippen molar-refractivity contribution >= 4 is 15.9 Å². The molecule has 0 saturated carbocycles. The maximum Gasteiger partial charge on any atom is 0.339 e. The Balaban J connectivity index is 2.40. The van der Waals surface area contributed by atoms with Crippen molar-refractivity contribution in [2.24, 2.45) is 0 Å². The van der Waals surface area contributed by atoms with Crippen LogP contribution in [0.2, 0.25) is 0 Å². The molecule has 0 unspecified atom stereocenters. The van der Waals surface area contributed by atoms with Crippen molar-refractivity contribution in [1.82, 2.24) is 0 Å². The number of hydrogen-bond donors (Lipinski definition) is 0. The number of methoxy groups -OCH3 is 1. The van der Waals surface area contributed by atoms with Crippen LogP contribution in [0.15, 0.2) is 47.4 Å². The second kappa shape index (κ2) is 6.19. The summed E-state index contributed by atoms with van der Waals surface area (Å²) in [7, 11) is -2.61. The lowest BCUT2D eigenvalue weighted by Gasteiger charge is -2.11. The number of hydrogen-bond acceptors (Lipinski definition) is 5. The number of carbonyl (C=O) groups is 1. The zero-order chi connectivity index (χ0) is 16.3. The van der Waals surface area contributed by atoms with E-state index in [1.807, 2.05) is 6.92 Å². The third-order valence-corrected chi connectivity index (χ3v) is 4.28. The molecular formula is C16H16O5S. The van der Waals surface area contributed by atoms with Crippen LogP contribution in [-0.4, -0.2) is 21.3 Å². The SMILES string of the molecule is COc1cc(C)ccc1OS(=O)(=O)c1cccc(C(C)=O)c1. The van der Waals surface area contributed by atoms with Gasteiger partial charge in [0, 0.05) is 5.56 Å². The number of aryl methyl sites for hydroxylation is 1. The van der Waals surface area contributed by atoms with Gasteiger partial charge in [0.25, 0.3) is 0 Å². The Hall–Kier alpha value is -2.34. The normalized spacial score (nSPS) is 11.0. The molecule has 0 aliphatic rings. The van der Waals surface area contributed by atoms with Crippen molar-refractivity contribution in [3.05, 3.63) is 53.6 Å². The van der Waals surface area contributed by atoms with Gasteiger partial charge in [-0.15, -0.1) is 0 Å². The molecule has 0 N–H and O–H groups in total. The summed E-state index contributed by atoms with van der Waals surface area (Å²) in [6, 6.07) is 10.6. The summed E-state index contributed by atoms with van der Waals surface area (Å²) in [6.45, 7) is 3.23. The summed E-state index contributed by atoms with van der Waals surface area (Å²) in [5.74, 6) is 0.206. The molecule has 0 aliphatic carbocycles. The lowest BCUT2D eigenvalue weighted by Crippen LogP contribution is -2.11. The van der Waals surface area contributed by atoms with Gasteiger partial charge in [0.15, 0.2) is 17.3 Å². The molecule has 0 spiro atoms. The van der Waals surface area contributed by atoms with Gasteiger partial charge in [-0.2, -0.15) is 8.42 Å². The van der Waals surface area contributed by atoms with Crippen LogP contribution in [0.3, 0.4) is 0 Å². The zero-order valence-electron chi connectivity index (χ0n) is 12.5. The molecule has 2 rings (SSSR count). The molecule has 0 radical (unpaired) electrons. The van der Waals surface area contributed by atoms with Gasteiger partial charge < -0.3 is 8.92 Å². The lowest BCUT2D eigenvalue weighted by atomic mass is 10.2. The summed E-state index contributed by atoms with van der Waals surface area (Å²) in [4.78, 5) is 11.3. The van der Waals surface area contributed by atoms with Crippen LogP contribution >= 0.6 is 0 Å². The predicted octanol–water partition coefficient (Wildman–Crippen LogP) is 2.97. The minimum atomic E-state index is -4.05. The van der Waals surface area contributed by atoms with Gasteiger partial charge in [-0.25, -0.2) is 0 Å². The highest BCUT2D eigenvalue weighted by Crippen LogP contribution is 2.30. The molecule has 0 atom stereocenters. The molecule has 116 valence electrons. The maximum absolute atomic E-state index is 12.3. The van der Waals surface area contributed by atoms with Gasteiger partial charge in [-0.3, -0.25) is 4.79 Å². The fourth-order valence-corrected chi connectivity index (χ4v) is 2.87. The fourth-order valence-electron chi connectivity index (χ4n) is 1.88. The Bertz CT molecular complexity index is 809. The molecule has 5 nitrogen and oxygen atoms in total. The quantitative estimate of drug-likeness (QED) is 0.626. The van der Waals surface area contributed by atoms with Crippen molar-refractivity contribution < 1.29 is 22.1 Å². The molecule has 0 fully saturated rings. The van der Waals surface area contributed by atoms with Gasteiger partial charge in [-0.05, 0) is 43.7 Å². The van der Waals surface area contributed by atoms with Crippen LogP contribution in [0.4, 0.5) is 0 Å². The summed E-state index contributed by atoms with van der Waals surface area (Å²) in [6.07, 6.45) is 0. The van der Waals surface area contributed by atoms with E-state index >= 15 is 0 Å². The van der Waals surface area contributed by atoms with Gasteiger partial charge in [0.2, 0.25) is 0 Å². The second-order valence-electron chi connectivity index (χ2n) is 4.78. The van der Waals surface area contributed by atoms with Crippen molar-refractivity contribution in [1.29, 1.82) is 0 Å². The summed E-state index contributed by atoms with van der Waals surface area (Å²) < 4.78 is 34.9. The van der Waals surface area contributed by atoms with E-state index in [2.05, 4.69) is 0 Å². The minimum Gasteiger partial charge on any atom is -0.493 e. The minimum absolute atomic E-state index is 0.0807. The Labute approximate surface area is 129 Å². The molecule has 0 bridgehead atoms. The first-order valence-corrected chi connectivity index (χ1v) is 7.94. The first kappa shape index (κ1) is 16.0. The van der Waals surface area contributed by atoms with Gasteiger partial charge >= 0.3 is 10.1 Å². The molecule has 0 aliphatic heterocycles. The average Bonchev–Trinajstić information content (AvgIpc) is 2.49. The van der Waals surface area contributed by atoms with E-state index in [-0.39, 0.29) is 16.4 Å². The van der Waals surface area contributed by atoms with Crippen molar-refractivity contribution in [2.75, 3.05) is 7.11 Å². The van der Waals surface area contributed by atoms with E-state index in [0.29, 0.717) is 11.3 Å². The molecule has 0 aromatic heterocycles. The van der Waals surface area contributed by atoms with Crippen molar-refractivity contribution in [2.45, 2.75) is 18.7 Å². The topological polar surface area (TPSA) is 69.7 Å². The number of benzene rings is 2. The Morgan fingerprint density at radius 2 is 1.77 bits per heavy atom. The number of ether oxygens (including phenoxy) is 1. The van der Waals surface area contributed by atoms with Gasteiger partial charge in [0.1, 0.15) is 4.90 Å². The largest absolute Gasteiger partial charge is 0.493 e. The van der Waals surface area contributed by atoms with Crippen molar-refractivity contribution in [3.8, 4) is 11.5 Å². The van der Waals surface area contributed by atoms with E-state index in [0.717, 1.165) is 5.56 Å². The average molecular weight is 320 g/mol. The van der Waals surface area contributed by atoms with Crippen LogP contribution in [0.5, 0.6) is 11.5 Å². The zero-order valence-corrected chi connectivity index (χ0v) is 13.3. The van der Waals surface area contributed by atoms with Crippen LogP contribution in [-0.2, 0) is 10.1 Å². The summed E-state index contributed by atoms with van der Waals surface area (Å²) in [5, 5.41) is 0. The first-order valence-electron chi connectivity index (χ1n) is 6.53. The Kier molecular flexibility index (Phi) is 4.51. The monoisotopic (exact) mass is 320 g/mol. The van der Waals surface area contributed by atoms with Crippen LogP contribution in [0.1, 0.15) is 22.8 Å². The van der Waals surface area contributed by atoms with E-state index in [4.69, 9.17) is 8.92 Å². The number of rotatable bonds is 5. The number of Topliss-reactive ketones (excluding diaryl/α,β-unsaturated/α-hetero) is 1. The van der Waals surface area contributed by atoms with E-state index in [1.54, 1.807) is 18.2 Å². The highest BCUT2D eigenvalue weighted by molar-refractivity contribution is 7.87. The maximum atomic E-state index is 12.3.